The number of nitrogens with one attached hydrogen (secondary N) is 2. The molecular weight excluding hydrogens is 438 g/mol. The van der Waals surface area contributed by atoms with E-state index in [2.05, 4.69) is 24.5 Å². The van der Waals surface area contributed by atoms with Gasteiger partial charge in [0.05, 0.1) is 24.6 Å². The van der Waals surface area contributed by atoms with E-state index in [4.69, 9.17) is 10.5 Å². The maximum Gasteiger partial charge on any atom is 0.237 e. The molecule has 6 heteroatoms. The molecule has 0 aromatic heterocycles. The molecule has 2 aromatic rings. The first-order valence-corrected chi connectivity index (χ1v) is 12.9. The highest BCUT2D eigenvalue weighted by molar-refractivity contribution is 5.84. The molecule has 0 aliphatic heterocycles. The second-order valence-electron chi connectivity index (χ2n) is 9.62. The highest BCUT2D eigenvalue weighted by Crippen LogP contribution is 2.21. The van der Waals surface area contributed by atoms with Gasteiger partial charge in [0.1, 0.15) is 5.75 Å². The summed E-state index contributed by atoms with van der Waals surface area (Å²) in [5.41, 5.74) is 7.94. The summed E-state index contributed by atoms with van der Waals surface area (Å²) >= 11 is 0. The van der Waals surface area contributed by atoms with E-state index >= 15 is 0 Å². The van der Waals surface area contributed by atoms with Crippen molar-refractivity contribution in [1.29, 1.82) is 0 Å². The minimum Gasteiger partial charge on any atom is -0.493 e. The number of rotatable bonds is 14. The van der Waals surface area contributed by atoms with Crippen LogP contribution in [0.15, 0.2) is 54.6 Å². The van der Waals surface area contributed by atoms with Crippen molar-refractivity contribution < 1.29 is 14.3 Å². The highest BCUT2D eigenvalue weighted by Gasteiger charge is 2.24. The van der Waals surface area contributed by atoms with Crippen LogP contribution >= 0.6 is 0 Å². The van der Waals surface area contributed by atoms with E-state index in [0.29, 0.717) is 12.5 Å². The number of carbonyl (C=O) groups excluding carboxylic acids is 2. The van der Waals surface area contributed by atoms with Crippen LogP contribution in [0.4, 0.5) is 0 Å². The first-order chi connectivity index (χ1) is 16.8. The number of carbonyl (C=O) groups is 2. The van der Waals surface area contributed by atoms with E-state index in [1.165, 1.54) is 0 Å². The molecule has 5 atom stereocenters. The van der Waals surface area contributed by atoms with Gasteiger partial charge in [-0.2, -0.15) is 0 Å². The van der Waals surface area contributed by atoms with Gasteiger partial charge in [-0.25, -0.2) is 0 Å². The van der Waals surface area contributed by atoms with Crippen molar-refractivity contribution in [3.05, 3.63) is 65.7 Å². The van der Waals surface area contributed by atoms with Crippen LogP contribution in [0.25, 0.3) is 0 Å². The van der Waals surface area contributed by atoms with Gasteiger partial charge in [-0.15, -0.1) is 0 Å². The molecule has 0 saturated heterocycles. The third-order valence-corrected chi connectivity index (χ3v) is 6.65. The standard InChI is InChI=1S/C29H43N3O3/c1-6-11-20(3)19-35-25-16-14-24(15-17-25)26(18-31-29(34)27(30)21(4)7-2)32-28(33)22(5)23-12-9-8-10-13-23/h8-10,12-17,20-22,26-27H,6-7,11,18-19,30H2,1-5H3,(H,31,34)(H,32,33)/t20?,21-,22?,26-,27-/m0/s1. The van der Waals surface area contributed by atoms with Crippen molar-refractivity contribution in [3.8, 4) is 5.75 Å². The van der Waals surface area contributed by atoms with Crippen molar-refractivity contribution in [3.63, 3.8) is 0 Å². The van der Waals surface area contributed by atoms with Gasteiger partial charge in [-0.3, -0.25) is 9.59 Å². The first-order valence-electron chi connectivity index (χ1n) is 12.9. The Morgan fingerprint density at radius 1 is 0.914 bits per heavy atom. The van der Waals surface area contributed by atoms with Crippen LogP contribution < -0.4 is 21.1 Å². The van der Waals surface area contributed by atoms with Crippen molar-refractivity contribution in [1.82, 2.24) is 10.6 Å². The van der Waals surface area contributed by atoms with Gasteiger partial charge >= 0.3 is 0 Å². The molecule has 0 aliphatic carbocycles. The second kappa shape index (κ2) is 14.5. The van der Waals surface area contributed by atoms with Crippen molar-refractivity contribution in [2.24, 2.45) is 17.6 Å². The predicted octanol–water partition coefficient (Wildman–Crippen LogP) is 4.95. The smallest absolute Gasteiger partial charge is 0.237 e. The number of hydrogen-bond donors (Lipinski definition) is 3. The van der Waals surface area contributed by atoms with Crippen LogP contribution in [-0.4, -0.2) is 31.0 Å². The Hall–Kier alpha value is -2.86. The molecule has 2 rings (SSSR count). The molecule has 2 unspecified atom stereocenters. The molecule has 0 spiro atoms. The Morgan fingerprint density at radius 3 is 2.17 bits per heavy atom. The van der Waals surface area contributed by atoms with E-state index in [9.17, 15) is 9.59 Å². The zero-order valence-corrected chi connectivity index (χ0v) is 21.9. The average Bonchev–Trinajstić information content (AvgIpc) is 2.89. The molecule has 2 aromatic carbocycles. The lowest BCUT2D eigenvalue weighted by Crippen LogP contribution is -2.47. The molecule has 0 saturated carbocycles. The fourth-order valence-electron chi connectivity index (χ4n) is 3.89. The van der Waals surface area contributed by atoms with Crippen LogP contribution in [-0.2, 0) is 9.59 Å². The summed E-state index contributed by atoms with van der Waals surface area (Å²) in [6, 6.07) is 16.4. The van der Waals surface area contributed by atoms with Gasteiger partial charge in [-0.1, -0.05) is 83.0 Å². The number of nitrogens with two attached hydrogens (primary N) is 1. The van der Waals surface area contributed by atoms with Gasteiger partial charge in [0.25, 0.3) is 0 Å². The van der Waals surface area contributed by atoms with Crippen LogP contribution in [0, 0.1) is 11.8 Å². The predicted molar refractivity (Wildman–Crippen MR) is 142 cm³/mol. The summed E-state index contributed by atoms with van der Waals surface area (Å²) in [4.78, 5) is 25.7. The zero-order valence-electron chi connectivity index (χ0n) is 21.9. The van der Waals surface area contributed by atoms with Gasteiger partial charge in [0.2, 0.25) is 11.8 Å². The minimum absolute atomic E-state index is 0.0766. The van der Waals surface area contributed by atoms with E-state index in [1.807, 2.05) is 75.4 Å². The first kappa shape index (κ1) is 28.4. The largest absolute Gasteiger partial charge is 0.493 e. The molecule has 0 heterocycles. The number of benzene rings is 2. The molecule has 0 fully saturated rings. The monoisotopic (exact) mass is 481 g/mol. The Balaban J connectivity index is 2.13. The Kier molecular flexibility index (Phi) is 11.8. The third-order valence-electron chi connectivity index (χ3n) is 6.65. The molecule has 0 aliphatic rings. The quantitative estimate of drug-likeness (QED) is 0.356. The van der Waals surface area contributed by atoms with Gasteiger partial charge < -0.3 is 21.1 Å². The third kappa shape index (κ3) is 9.02. The number of amides is 2. The lowest BCUT2D eigenvalue weighted by Gasteiger charge is -2.24. The van der Waals surface area contributed by atoms with Gasteiger partial charge in [0.15, 0.2) is 0 Å². The number of ether oxygens (including phenoxy) is 1. The van der Waals surface area contributed by atoms with E-state index in [1.54, 1.807) is 0 Å². The van der Waals surface area contributed by atoms with Crippen LogP contribution in [0.2, 0.25) is 0 Å². The highest BCUT2D eigenvalue weighted by atomic mass is 16.5. The molecule has 4 N–H and O–H groups in total. The Morgan fingerprint density at radius 2 is 1.57 bits per heavy atom. The summed E-state index contributed by atoms with van der Waals surface area (Å²) in [5.74, 6) is 0.737. The van der Waals surface area contributed by atoms with Crippen LogP contribution in [0.5, 0.6) is 5.75 Å². The fourth-order valence-corrected chi connectivity index (χ4v) is 3.89. The summed E-state index contributed by atoms with van der Waals surface area (Å²) in [6.07, 6.45) is 3.09. The normalized spacial score (nSPS) is 15.4. The van der Waals surface area contributed by atoms with Gasteiger partial charge in [0, 0.05) is 6.54 Å². The topological polar surface area (TPSA) is 93.4 Å². The van der Waals surface area contributed by atoms with Crippen molar-refractivity contribution in [2.45, 2.75) is 71.9 Å². The van der Waals surface area contributed by atoms with Crippen molar-refractivity contribution in [2.75, 3.05) is 13.2 Å². The SMILES string of the molecule is CCCC(C)COc1ccc([C@H](CNC(=O)[C@@H](N)[C@@H](C)CC)NC(=O)C(C)c2ccccc2)cc1. The van der Waals surface area contributed by atoms with Crippen LogP contribution in [0.3, 0.4) is 0 Å². The van der Waals surface area contributed by atoms with Crippen molar-refractivity contribution >= 4 is 11.8 Å². The number of hydrogen-bond acceptors (Lipinski definition) is 4. The second-order valence-corrected chi connectivity index (χ2v) is 9.62. The van der Waals surface area contributed by atoms with E-state index in [-0.39, 0.29) is 30.2 Å². The Labute approximate surface area is 211 Å². The summed E-state index contributed by atoms with van der Waals surface area (Å²) in [5, 5.41) is 6.06. The lowest BCUT2D eigenvalue weighted by molar-refractivity contribution is -0.125. The molecule has 192 valence electrons. The van der Waals surface area contributed by atoms with Crippen LogP contribution in [0.1, 0.15) is 77.0 Å². The maximum absolute atomic E-state index is 13.1. The fraction of sp³-hybridized carbons (Fsp3) is 0.517. The molecule has 6 nitrogen and oxygen atoms in total. The van der Waals surface area contributed by atoms with E-state index < -0.39 is 12.1 Å². The summed E-state index contributed by atoms with van der Waals surface area (Å²) in [7, 11) is 0. The molecule has 35 heavy (non-hydrogen) atoms. The molecular formula is C29H43N3O3. The average molecular weight is 482 g/mol. The molecule has 2 amide bonds. The van der Waals surface area contributed by atoms with Gasteiger partial charge in [-0.05, 0) is 48.4 Å². The van der Waals surface area contributed by atoms with E-state index in [0.717, 1.165) is 36.1 Å². The minimum atomic E-state index is -0.583. The Bertz CT molecular complexity index is 901. The zero-order chi connectivity index (χ0) is 25.8. The molecule has 0 radical (unpaired) electrons. The summed E-state index contributed by atoms with van der Waals surface area (Å²) < 4.78 is 5.93. The molecule has 0 bridgehead atoms. The summed E-state index contributed by atoms with van der Waals surface area (Å²) in [6.45, 7) is 11.1. The lowest BCUT2D eigenvalue weighted by atomic mass is 9.98. The maximum atomic E-state index is 13.1.